The number of thiazole rings is 1. The van der Waals surface area contributed by atoms with E-state index in [2.05, 4.69) is 20.3 Å². The molecule has 1 aliphatic heterocycles. The third-order valence-electron chi connectivity index (χ3n) is 3.81. The fourth-order valence-corrected chi connectivity index (χ4v) is 3.42. The van der Waals surface area contributed by atoms with E-state index in [1.165, 1.54) is 11.3 Å². The molecule has 0 saturated heterocycles. The monoisotopic (exact) mass is 368 g/mol. The minimum absolute atomic E-state index is 0.184. The second-order valence-corrected chi connectivity index (χ2v) is 6.43. The summed E-state index contributed by atoms with van der Waals surface area (Å²) in [5.74, 6) is 0.934. The maximum absolute atomic E-state index is 12.5. The van der Waals surface area contributed by atoms with E-state index in [9.17, 15) is 4.79 Å². The maximum Gasteiger partial charge on any atom is 0.255 e. The molecule has 3 heterocycles. The fraction of sp³-hybridized carbons (Fsp3) is 0.222. The van der Waals surface area contributed by atoms with E-state index in [4.69, 9.17) is 9.47 Å². The first-order valence-corrected chi connectivity index (χ1v) is 9.07. The Morgan fingerprint density at radius 3 is 3.04 bits per heavy atom. The normalized spacial score (nSPS) is 12.6. The Kier molecular flexibility index (Phi) is 4.74. The molecule has 1 aliphatic rings. The molecule has 0 bridgehead atoms. The van der Waals surface area contributed by atoms with Crippen LogP contribution in [-0.4, -0.2) is 40.6 Å². The number of para-hydroxylation sites is 1. The van der Waals surface area contributed by atoms with Gasteiger partial charge in [0.05, 0.1) is 17.5 Å². The standard InChI is InChI=1S/C18H16N4O3S/c23-17(13-2-1-3-15-16(13)25-9-8-24-15)21-5-4-12-11-26-18(22-12)14-10-19-6-7-20-14/h1-3,6-7,10-11H,4-5,8-9H2,(H,21,23). The van der Waals surface area contributed by atoms with Gasteiger partial charge in [-0.2, -0.15) is 0 Å². The maximum atomic E-state index is 12.5. The van der Waals surface area contributed by atoms with Crippen molar-refractivity contribution in [2.45, 2.75) is 6.42 Å². The summed E-state index contributed by atoms with van der Waals surface area (Å²) in [6.07, 6.45) is 5.59. The van der Waals surface area contributed by atoms with E-state index in [1.54, 1.807) is 36.8 Å². The SMILES string of the molecule is O=C(NCCc1csc(-c2cnccn2)n1)c1cccc2c1OCCO2. The van der Waals surface area contributed by atoms with Crippen LogP contribution in [0.25, 0.3) is 10.7 Å². The predicted octanol–water partition coefficient (Wildman–Crippen LogP) is 2.34. The molecule has 0 fully saturated rings. The zero-order valence-corrected chi connectivity index (χ0v) is 14.7. The lowest BCUT2D eigenvalue weighted by Gasteiger charge is -2.20. The summed E-state index contributed by atoms with van der Waals surface area (Å²) in [6, 6.07) is 5.32. The summed E-state index contributed by atoms with van der Waals surface area (Å²) < 4.78 is 11.1. The van der Waals surface area contributed by atoms with Gasteiger partial charge in [0, 0.05) is 30.7 Å². The molecule has 0 atom stereocenters. The third kappa shape index (κ3) is 3.50. The van der Waals surface area contributed by atoms with Crippen molar-refractivity contribution >= 4 is 17.2 Å². The number of hydrogen-bond donors (Lipinski definition) is 1. The molecule has 2 aromatic heterocycles. The van der Waals surface area contributed by atoms with Gasteiger partial charge in [0.15, 0.2) is 11.5 Å². The Balaban J connectivity index is 1.37. The molecule has 132 valence electrons. The lowest BCUT2D eigenvalue weighted by molar-refractivity contribution is 0.0943. The van der Waals surface area contributed by atoms with Crippen molar-refractivity contribution in [2.24, 2.45) is 0 Å². The number of nitrogens with zero attached hydrogens (tertiary/aromatic N) is 3. The third-order valence-corrected chi connectivity index (χ3v) is 4.73. The van der Waals surface area contributed by atoms with Crippen molar-refractivity contribution in [3.05, 3.63) is 53.4 Å². The van der Waals surface area contributed by atoms with Gasteiger partial charge in [0.1, 0.15) is 23.9 Å². The van der Waals surface area contributed by atoms with Crippen molar-refractivity contribution in [1.82, 2.24) is 20.3 Å². The van der Waals surface area contributed by atoms with Crippen molar-refractivity contribution in [1.29, 1.82) is 0 Å². The fourth-order valence-electron chi connectivity index (χ4n) is 2.60. The van der Waals surface area contributed by atoms with Gasteiger partial charge in [-0.15, -0.1) is 11.3 Å². The van der Waals surface area contributed by atoms with E-state index in [1.807, 2.05) is 5.38 Å². The molecule has 0 radical (unpaired) electrons. The largest absolute Gasteiger partial charge is 0.486 e. The van der Waals surface area contributed by atoms with Gasteiger partial charge in [0.25, 0.3) is 5.91 Å². The molecular weight excluding hydrogens is 352 g/mol. The summed E-state index contributed by atoms with van der Waals surface area (Å²) in [6.45, 7) is 1.42. The van der Waals surface area contributed by atoms with Gasteiger partial charge >= 0.3 is 0 Å². The average Bonchev–Trinajstić information content (AvgIpc) is 3.17. The highest BCUT2D eigenvalue weighted by atomic mass is 32.1. The second-order valence-electron chi connectivity index (χ2n) is 5.57. The number of ether oxygens (including phenoxy) is 2. The van der Waals surface area contributed by atoms with E-state index in [0.717, 1.165) is 16.4 Å². The van der Waals surface area contributed by atoms with Crippen LogP contribution in [0, 0.1) is 0 Å². The summed E-state index contributed by atoms with van der Waals surface area (Å²) in [7, 11) is 0. The Morgan fingerprint density at radius 1 is 1.23 bits per heavy atom. The van der Waals surface area contributed by atoms with Crippen LogP contribution in [0.2, 0.25) is 0 Å². The Hall–Kier alpha value is -3.00. The molecule has 8 heteroatoms. The van der Waals surface area contributed by atoms with Gasteiger partial charge < -0.3 is 14.8 Å². The van der Waals surface area contributed by atoms with Gasteiger partial charge in [-0.1, -0.05) is 6.07 Å². The van der Waals surface area contributed by atoms with Gasteiger partial charge in [-0.3, -0.25) is 14.8 Å². The van der Waals surface area contributed by atoms with Crippen molar-refractivity contribution < 1.29 is 14.3 Å². The predicted molar refractivity (Wildman–Crippen MR) is 96.6 cm³/mol. The first kappa shape index (κ1) is 16.5. The van der Waals surface area contributed by atoms with Crippen molar-refractivity contribution in [2.75, 3.05) is 19.8 Å². The zero-order chi connectivity index (χ0) is 17.8. The minimum Gasteiger partial charge on any atom is -0.486 e. The number of fused-ring (bicyclic) bond motifs is 1. The van der Waals surface area contributed by atoms with E-state index in [0.29, 0.717) is 43.2 Å². The number of carbonyl (C=O) groups excluding carboxylic acids is 1. The Bertz CT molecular complexity index is 914. The molecule has 1 N–H and O–H groups in total. The number of aromatic nitrogens is 3. The lowest BCUT2D eigenvalue weighted by atomic mass is 10.1. The van der Waals surface area contributed by atoms with Crippen LogP contribution in [0.1, 0.15) is 16.1 Å². The number of nitrogens with one attached hydrogen (secondary N) is 1. The summed E-state index contributed by atoms with van der Waals surface area (Å²) in [5.41, 5.74) is 2.15. The number of amides is 1. The van der Waals surface area contributed by atoms with Crippen LogP contribution in [-0.2, 0) is 6.42 Å². The van der Waals surface area contributed by atoms with Crippen molar-refractivity contribution in [3.8, 4) is 22.2 Å². The first-order valence-electron chi connectivity index (χ1n) is 8.19. The highest BCUT2D eigenvalue weighted by Crippen LogP contribution is 2.33. The second kappa shape index (κ2) is 7.49. The number of rotatable bonds is 5. The number of carbonyl (C=O) groups is 1. The van der Waals surface area contributed by atoms with E-state index in [-0.39, 0.29) is 5.91 Å². The van der Waals surface area contributed by atoms with Crippen LogP contribution in [0.15, 0.2) is 42.2 Å². The molecule has 26 heavy (non-hydrogen) atoms. The van der Waals surface area contributed by atoms with Gasteiger partial charge in [-0.05, 0) is 12.1 Å². The summed E-state index contributed by atoms with van der Waals surface area (Å²) in [4.78, 5) is 25.3. The number of benzene rings is 1. The van der Waals surface area contributed by atoms with Crippen LogP contribution < -0.4 is 14.8 Å². The molecule has 3 aromatic rings. The molecule has 1 amide bonds. The summed E-state index contributed by atoms with van der Waals surface area (Å²) in [5, 5.41) is 5.70. The first-order chi connectivity index (χ1) is 12.8. The topological polar surface area (TPSA) is 86.2 Å². The highest BCUT2D eigenvalue weighted by Gasteiger charge is 2.20. The molecule has 1 aromatic carbocycles. The van der Waals surface area contributed by atoms with E-state index >= 15 is 0 Å². The molecule has 0 spiro atoms. The molecule has 4 rings (SSSR count). The van der Waals surface area contributed by atoms with Crippen LogP contribution >= 0.6 is 11.3 Å². The molecule has 0 aliphatic carbocycles. The van der Waals surface area contributed by atoms with Gasteiger partial charge in [0.2, 0.25) is 0 Å². The van der Waals surface area contributed by atoms with Crippen LogP contribution in [0.5, 0.6) is 11.5 Å². The summed E-state index contributed by atoms with van der Waals surface area (Å²) >= 11 is 1.51. The smallest absolute Gasteiger partial charge is 0.255 e. The van der Waals surface area contributed by atoms with Crippen LogP contribution in [0.4, 0.5) is 0 Å². The van der Waals surface area contributed by atoms with Gasteiger partial charge in [-0.25, -0.2) is 4.98 Å². The average molecular weight is 368 g/mol. The minimum atomic E-state index is -0.184. The zero-order valence-electron chi connectivity index (χ0n) is 13.8. The Labute approximate surface area is 154 Å². The van der Waals surface area contributed by atoms with E-state index < -0.39 is 0 Å². The molecule has 0 unspecified atom stereocenters. The van der Waals surface area contributed by atoms with Crippen molar-refractivity contribution in [3.63, 3.8) is 0 Å². The highest BCUT2D eigenvalue weighted by molar-refractivity contribution is 7.13. The van der Waals surface area contributed by atoms with Crippen LogP contribution in [0.3, 0.4) is 0 Å². The Morgan fingerprint density at radius 2 is 2.15 bits per heavy atom. The number of hydrogen-bond acceptors (Lipinski definition) is 7. The molecule has 0 saturated carbocycles. The lowest BCUT2D eigenvalue weighted by Crippen LogP contribution is -2.27. The quantitative estimate of drug-likeness (QED) is 0.744. The molecule has 7 nitrogen and oxygen atoms in total. The molecular formula is C18H16N4O3S.